The van der Waals surface area contributed by atoms with Crippen LogP contribution in [0.25, 0.3) is 0 Å². The first-order valence-corrected chi connectivity index (χ1v) is 9.34. The van der Waals surface area contributed by atoms with Crippen LogP contribution >= 0.6 is 0 Å². The highest BCUT2D eigenvalue weighted by Gasteiger charge is 2.20. The third kappa shape index (κ3) is 4.90. The van der Waals surface area contributed by atoms with Gasteiger partial charge in [-0.25, -0.2) is 18.4 Å². The molecule has 0 radical (unpaired) electrons. The molecule has 3 N–H and O–H groups in total. The van der Waals surface area contributed by atoms with E-state index < -0.39 is 28.0 Å². The Hall–Kier alpha value is -2.71. The van der Waals surface area contributed by atoms with Crippen molar-refractivity contribution >= 4 is 27.6 Å². The van der Waals surface area contributed by atoms with Gasteiger partial charge in [0, 0.05) is 5.69 Å². The van der Waals surface area contributed by atoms with E-state index >= 15 is 0 Å². The van der Waals surface area contributed by atoms with Gasteiger partial charge in [0.05, 0.1) is 10.5 Å². The summed E-state index contributed by atoms with van der Waals surface area (Å²) in [6.45, 7) is 5.16. The van der Waals surface area contributed by atoms with Gasteiger partial charge in [0.2, 0.25) is 10.0 Å². The molecule has 0 spiro atoms. The molecular formula is C18H20N2O5S. The molecule has 0 aliphatic carbocycles. The standard InChI is InChI=1S/C18H20N2O5S/c1-11-4-9-16(12(2)10-11)18(22)25-13(3)17(21)20-14-5-7-15(8-6-14)26(19,23)24/h4-10,13H,1-3H3,(H,20,21)(H2,19,23,24)/t13-/m1/s1. The number of sulfonamides is 1. The highest BCUT2D eigenvalue weighted by molar-refractivity contribution is 7.89. The van der Waals surface area contributed by atoms with Crippen molar-refractivity contribution in [1.29, 1.82) is 0 Å². The minimum atomic E-state index is -3.80. The van der Waals surface area contributed by atoms with E-state index in [-0.39, 0.29) is 4.90 Å². The molecule has 7 nitrogen and oxygen atoms in total. The maximum Gasteiger partial charge on any atom is 0.339 e. The zero-order valence-corrected chi connectivity index (χ0v) is 15.5. The summed E-state index contributed by atoms with van der Waals surface area (Å²) in [5.41, 5.74) is 2.54. The number of nitrogens with two attached hydrogens (primary N) is 1. The summed E-state index contributed by atoms with van der Waals surface area (Å²) in [6.07, 6.45) is -1.03. The lowest BCUT2D eigenvalue weighted by molar-refractivity contribution is -0.123. The van der Waals surface area contributed by atoms with Crippen molar-refractivity contribution in [2.75, 3.05) is 5.32 Å². The molecule has 0 saturated heterocycles. The Morgan fingerprint density at radius 2 is 1.69 bits per heavy atom. The molecule has 0 aliphatic rings. The van der Waals surface area contributed by atoms with Gasteiger partial charge in [-0.15, -0.1) is 0 Å². The van der Waals surface area contributed by atoms with E-state index in [0.717, 1.165) is 11.1 Å². The van der Waals surface area contributed by atoms with Crippen LogP contribution in [0, 0.1) is 13.8 Å². The number of amides is 1. The molecule has 2 rings (SSSR count). The highest BCUT2D eigenvalue weighted by Crippen LogP contribution is 2.15. The van der Waals surface area contributed by atoms with Gasteiger partial charge in [0.1, 0.15) is 0 Å². The van der Waals surface area contributed by atoms with Crippen LogP contribution in [-0.2, 0) is 19.6 Å². The monoisotopic (exact) mass is 376 g/mol. The number of carbonyl (C=O) groups excluding carboxylic acids is 2. The van der Waals surface area contributed by atoms with Gasteiger partial charge in [-0.05, 0) is 56.7 Å². The van der Waals surface area contributed by atoms with Crippen molar-refractivity contribution < 1.29 is 22.7 Å². The SMILES string of the molecule is Cc1ccc(C(=O)O[C@H](C)C(=O)Nc2ccc(S(N)(=O)=O)cc2)c(C)c1. The number of esters is 1. The van der Waals surface area contributed by atoms with Crippen LogP contribution in [0.3, 0.4) is 0 Å². The molecule has 0 aliphatic heterocycles. The van der Waals surface area contributed by atoms with Crippen molar-refractivity contribution in [3.63, 3.8) is 0 Å². The molecule has 2 aromatic carbocycles. The van der Waals surface area contributed by atoms with Crippen molar-refractivity contribution in [3.05, 3.63) is 59.2 Å². The van der Waals surface area contributed by atoms with Crippen LogP contribution in [0.4, 0.5) is 5.69 Å². The quantitative estimate of drug-likeness (QED) is 0.776. The fourth-order valence-corrected chi connectivity index (χ4v) is 2.81. The van der Waals surface area contributed by atoms with E-state index in [1.54, 1.807) is 19.1 Å². The summed E-state index contributed by atoms with van der Waals surface area (Å²) in [5.74, 6) is -1.12. The Morgan fingerprint density at radius 3 is 2.23 bits per heavy atom. The minimum absolute atomic E-state index is 0.0650. The first-order chi connectivity index (χ1) is 12.1. The number of hydrogen-bond donors (Lipinski definition) is 2. The number of benzene rings is 2. The van der Waals surface area contributed by atoms with E-state index in [1.165, 1.54) is 31.2 Å². The molecule has 0 aromatic heterocycles. The maximum absolute atomic E-state index is 12.2. The number of carbonyl (C=O) groups is 2. The molecule has 1 atom stereocenters. The van der Waals surface area contributed by atoms with Crippen LogP contribution in [0.15, 0.2) is 47.4 Å². The topological polar surface area (TPSA) is 116 Å². The van der Waals surface area contributed by atoms with Gasteiger partial charge in [-0.2, -0.15) is 0 Å². The number of hydrogen-bond acceptors (Lipinski definition) is 5. The Kier molecular flexibility index (Phi) is 5.79. The summed E-state index contributed by atoms with van der Waals surface area (Å²) in [5, 5.41) is 7.56. The van der Waals surface area contributed by atoms with Crippen molar-refractivity contribution in [1.82, 2.24) is 0 Å². The molecular weight excluding hydrogens is 356 g/mol. The summed E-state index contributed by atoms with van der Waals surface area (Å²) < 4.78 is 27.6. The number of primary sulfonamides is 1. The van der Waals surface area contributed by atoms with E-state index in [0.29, 0.717) is 11.3 Å². The summed E-state index contributed by atoms with van der Waals surface area (Å²) in [7, 11) is -3.80. The van der Waals surface area contributed by atoms with Gasteiger partial charge >= 0.3 is 5.97 Å². The van der Waals surface area contributed by atoms with Crippen LogP contribution in [-0.4, -0.2) is 26.4 Å². The fourth-order valence-electron chi connectivity index (χ4n) is 2.29. The number of nitrogens with one attached hydrogen (secondary N) is 1. The highest BCUT2D eigenvalue weighted by atomic mass is 32.2. The number of anilines is 1. The predicted octanol–water partition coefficient (Wildman–Crippen LogP) is 2.13. The van der Waals surface area contributed by atoms with Gasteiger partial charge in [0.25, 0.3) is 5.91 Å². The maximum atomic E-state index is 12.2. The molecule has 0 fully saturated rings. The molecule has 0 unspecified atom stereocenters. The zero-order chi connectivity index (χ0) is 19.5. The lowest BCUT2D eigenvalue weighted by atomic mass is 10.1. The van der Waals surface area contributed by atoms with E-state index in [2.05, 4.69) is 5.32 Å². The predicted molar refractivity (Wildman–Crippen MR) is 97.2 cm³/mol. The smallest absolute Gasteiger partial charge is 0.339 e. The van der Waals surface area contributed by atoms with Gasteiger partial charge in [-0.1, -0.05) is 17.7 Å². The number of rotatable bonds is 5. The van der Waals surface area contributed by atoms with E-state index in [4.69, 9.17) is 9.88 Å². The molecule has 0 saturated carbocycles. The second kappa shape index (κ2) is 7.67. The minimum Gasteiger partial charge on any atom is -0.449 e. The van der Waals surface area contributed by atoms with Crippen molar-refractivity contribution in [2.45, 2.75) is 31.8 Å². The summed E-state index contributed by atoms with van der Waals surface area (Å²) in [4.78, 5) is 24.3. The Bertz CT molecular complexity index is 937. The van der Waals surface area contributed by atoms with Crippen LogP contribution in [0.2, 0.25) is 0 Å². The molecule has 1 amide bonds. The van der Waals surface area contributed by atoms with Gasteiger partial charge < -0.3 is 10.1 Å². The molecule has 138 valence electrons. The third-order valence-electron chi connectivity index (χ3n) is 3.71. The lowest BCUT2D eigenvalue weighted by Crippen LogP contribution is -2.30. The normalized spacial score (nSPS) is 12.3. The second-order valence-electron chi connectivity index (χ2n) is 5.92. The Balaban J connectivity index is 2.02. The van der Waals surface area contributed by atoms with E-state index in [1.807, 2.05) is 13.0 Å². The number of aryl methyl sites for hydroxylation is 2. The van der Waals surface area contributed by atoms with E-state index in [9.17, 15) is 18.0 Å². The average molecular weight is 376 g/mol. The molecule has 2 aromatic rings. The molecule has 0 bridgehead atoms. The van der Waals surface area contributed by atoms with Crippen molar-refractivity contribution in [2.24, 2.45) is 5.14 Å². The lowest BCUT2D eigenvalue weighted by Gasteiger charge is -2.14. The first-order valence-electron chi connectivity index (χ1n) is 7.80. The fraction of sp³-hybridized carbons (Fsp3) is 0.222. The summed E-state index contributed by atoms with van der Waals surface area (Å²) >= 11 is 0. The molecule has 0 heterocycles. The van der Waals surface area contributed by atoms with Gasteiger partial charge in [-0.3, -0.25) is 4.79 Å². The zero-order valence-electron chi connectivity index (χ0n) is 14.6. The van der Waals surface area contributed by atoms with Crippen LogP contribution in [0.5, 0.6) is 0 Å². The molecule has 26 heavy (non-hydrogen) atoms. The molecule has 8 heteroatoms. The largest absolute Gasteiger partial charge is 0.449 e. The number of ether oxygens (including phenoxy) is 1. The van der Waals surface area contributed by atoms with Gasteiger partial charge in [0.15, 0.2) is 6.10 Å². The van der Waals surface area contributed by atoms with Crippen LogP contribution in [0.1, 0.15) is 28.4 Å². The van der Waals surface area contributed by atoms with Crippen molar-refractivity contribution in [3.8, 4) is 0 Å². The Morgan fingerprint density at radius 1 is 1.08 bits per heavy atom. The Labute approximate surface area is 152 Å². The van der Waals surface area contributed by atoms with Crippen LogP contribution < -0.4 is 10.5 Å². The average Bonchev–Trinajstić information content (AvgIpc) is 2.54. The first kappa shape index (κ1) is 19.6. The third-order valence-corrected chi connectivity index (χ3v) is 4.63. The second-order valence-corrected chi connectivity index (χ2v) is 7.49. The summed E-state index contributed by atoms with van der Waals surface area (Å²) in [6, 6.07) is 10.7.